The van der Waals surface area contributed by atoms with Crippen LogP contribution < -0.4 is 0 Å². The van der Waals surface area contributed by atoms with Gasteiger partial charge in [0, 0.05) is 10.0 Å². The molecule has 3 rings (SSSR count). The van der Waals surface area contributed by atoms with Crippen LogP contribution in [0.4, 0.5) is 4.39 Å². The van der Waals surface area contributed by atoms with Crippen LogP contribution in [0.5, 0.6) is 0 Å². The zero-order valence-corrected chi connectivity index (χ0v) is 11.9. The van der Waals surface area contributed by atoms with E-state index in [9.17, 15) is 9.50 Å². The molecule has 0 aromatic heterocycles. The first kappa shape index (κ1) is 12.6. The summed E-state index contributed by atoms with van der Waals surface area (Å²) < 4.78 is 14.5. The molecule has 0 saturated heterocycles. The van der Waals surface area contributed by atoms with Gasteiger partial charge in [0.05, 0.1) is 6.10 Å². The molecule has 1 N–H and O–H groups in total. The molecule has 4 atom stereocenters. The lowest BCUT2D eigenvalue weighted by Gasteiger charge is -2.24. The Morgan fingerprint density at radius 3 is 2.78 bits per heavy atom. The van der Waals surface area contributed by atoms with Gasteiger partial charge in [0.15, 0.2) is 0 Å². The van der Waals surface area contributed by atoms with Crippen molar-refractivity contribution in [3.05, 3.63) is 34.1 Å². The van der Waals surface area contributed by atoms with Crippen LogP contribution in [0.3, 0.4) is 0 Å². The van der Waals surface area contributed by atoms with Crippen LogP contribution in [-0.2, 0) is 0 Å². The van der Waals surface area contributed by atoms with Crippen molar-refractivity contribution >= 4 is 15.9 Å². The molecule has 18 heavy (non-hydrogen) atoms. The quantitative estimate of drug-likeness (QED) is 0.874. The van der Waals surface area contributed by atoms with E-state index >= 15 is 0 Å². The Kier molecular flexibility index (Phi) is 3.46. The first-order valence-corrected chi connectivity index (χ1v) is 7.56. The summed E-state index contributed by atoms with van der Waals surface area (Å²) in [6.45, 7) is 0. The normalized spacial score (nSPS) is 31.8. The average Bonchev–Trinajstić information content (AvgIpc) is 2.90. The summed E-state index contributed by atoms with van der Waals surface area (Å²) in [5.41, 5.74) is 0.445. The van der Waals surface area contributed by atoms with E-state index in [1.807, 2.05) is 0 Å². The highest BCUT2D eigenvalue weighted by Gasteiger charge is 2.40. The lowest BCUT2D eigenvalue weighted by atomic mass is 9.83. The molecule has 2 fully saturated rings. The third-order valence-electron chi connectivity index (χ3n) is 4.73. The summed E-state index contributed by atoms with van der Waals surface area (Å²) in [6, 6.07) is 4.92. The summed E-state index contributed by atoms with van der Waals surface area (Å²) in [5, 5.41) is 10.2. The van der Waals surface area contributed by atoms with Crippen molar-refractivity contribution in [2.24, 2.45) is 17.8 Å². The van der Waals surface area contributed by atoms with Crippen molar-refractivity contribution in [1.29, 1.82) is 0 Å². The van der Waals surface area contributed by atoms with Crippen molar-refractivity contribution in [2.75, 3.05) is 0 Å². The van der Waals surface area contributed by atoms with Crippen LogP contribution in [0, 0.1) is 23.6 Å². The SMILES string of the molecule is OC(CC1CC2CCC1C2)c1ccc(Br)cc1F. The van der Waals surface area contributed by atoms with Gasteiger partial charge in [-0.3, -0.25) is 0 Å². The molecule has 0 heterocycles. The number of hydrogen-bond donors (Lipinski definition) is 1. The second-order valence-corrected chi connectivity index (χ2v) is 6.77. The predicted octanol–water partition coefficient (Wildman–Crippen LogP) is 4.45. The third-order valence-corrected chi connectivity index (χ3v) is 5.23. The van der Waals surface area contributed by atoms with Crippen LogP contribution in [0.15, 0.2) is 22.7 Å². The summed E-state index contributed by atoms with van der Waals surface area (Å²) in [6.07, 6.45) is 5.32. The maximum absolute atomic E-state index is 13.8. The van der Waals surface area contributed by atoms with Crippen molar-refractivity contribution in [3.63, 3.8) is 0 Å². The average molecular weight is 313 g/mol. The van der Waals surface area contributed by atoms with Gasteiger partial charge in [0.2, 0.25) is 0 Å². The molecule has 2 saturated carbocycles. The predicted molar refractivity (Wildman–Crippen MR) is 72.6 cm³/mol. The molecule has 0 radical (unpaired) electrons. The number of halogens is 2. The van der Waals surface area contributed by atoms with Gasteiger partial charge >= 0.3 is 0 Å². The molecule has 2 bridgehead atoms. The number of aliphatic hydroxyl groups excluding tert-OH is 1. The number of hydrogen-bond acceptors (Lipinski definition) is 1. The van der Waals surface area contributed by atoms with E-state index in [2.05, 4.69) is 15.9 Å². The van der Waals surface area contributed by atoms with Crippen LogP contribution in [0.1, 0.15) is 43.8 Å². The number of rotatable bonds is 3. The summed E-state index contributed by atoms with van der Waals surface area (Å²) >= 11 is 3.24. The summed E-state index contributed by atoms with van der Waals surface area (Å²) in [7, 11) is 0. The van der Waals surface area contributed by atoms with E-state index in [0.717, 1.165) is 22.7 Å². The van der Waals surface area contributed by atoms with E-state index in [-0.39, 0.29) is 5.82 Å². The maximum atomic E-state index is 13.8. The third kappa shape index (κ3) is 2.35. The highest BCUT2D eigenvalue weighted by Crippen LogP contribution is 2.51. The first-order valence-electron chi connectivity index (χ1n) is 6.76. The Bertz CT molecular complexity index is 448. The standard InChI is InChI=1S/C15H18BrFO/c16-12-3-4-13(14(17)8-12)15(18)7-11-6-9-1-2-10(11)5-9/h3-4,8-11,15,18H,1-2,5-7H2. The van der Waals surface area contributed by atoms with E-state index in [1.54, 1.807) is 12.1 Å². The Hall–Kier alpha value is -0.410. The second-order valence-electron chi connectivity index (χ2n) is 5.85. The molecular weight excluding hydrogens is 295 g/mol. The van der Waals surface area contributed by atoms with E-state index in [0.29, 0.717) is 11.5 Å². The van der Waals surface area contributed by atoms with Crippen molar-refractivity contribution in [1.82, 2.24) is 0 Å². The van der Waals surface area contributed by atoms with Crippen molar-refractivity contribution in [2.45, 2.75) is 38.2 Å². The number of benzene rings is 1. The molecule has 3 heteroatoms. The highest BCUT2D eigenvalue weighted by atomic mass is 79.9. The molecule has 0 spiro atoms. The van der Waals surface area contributed by atoms with Gasteiger partial charge in [-0.2, -0.15) is 0 Å². The fraction of sp³-hybridized carbons (Fsp3) is 0.600. The van der Waals surface area contributed by atoms with Gasteiger partial charge < -0.3 is 5.11 Å². The molecule has 0 amide bonds. The number of aliphatic hydroxyl groups is 1. The maximum Gasteiger partial charge on any atom is 0.130 e. The monoisotopic (exact) mass is 312 g/mol. The fourth-order valence-electron chi connectivity index (χ4n) is 3.85. The zero-order valence-electron chi connectivity index (χ0n) is 10.3. The van der Waals surface area contributed by atoms with Crippen LogP contribution in [0.25, 0.3) is 0 Å². The molecule has 98 valence electrons. The molecule has 2 aliphatic carbocycles. The highest BCUT2D eigenvalue weighted by molar-refractivity contribution is 9.10. The Balaban J connectivity index is 1.69. The minimum Gasteiger partial charge on any atom is -0.388 e. The van der Waals surface area contributed by atoms with E-state index in [4.69, 9.17) is 0 Å². The zero-order chi connectivity index (χ0) is 12.7. The molecule has 1 aromatic carbocycles. The Labute approximate surface area is 116 Å². The largest absolute Gasteiger partial charge is 0.388 e. The Morgan fingerprint density at radius 1 is 1.33 bits per heavy atom. The van der Waals surface area contributed by atoms with Crippen LogP contribution in [0.2, 0.25) is 0 Å². The Morgan fingerprint density at radius 2 is 2.17 bits per heavy atom. The van der Waals surface area contributed by atoms with Crippen LogP contribution in [-0.4, -0.2) is 5.11 Å². The molecular formula is C15H18BrFO. The molecule has 1 aromatic rings. The smallest absolute Gasteiger partial charge is 0.130 e. The summed E-state index contributed by atoms with van der Waals surface area (Å²) in [4.78, 5) is 0. The van der Waals surface area contributed by atoms with Gasteiger partial charge in [-0.05, 0) is 55.6 Å². The van der Waals surface area contributed by atoms with Crippen LogP contribution >= 0.6 is 15.9 Å². The first-order chi connectivity index (χ1) is 8.63. The second kappa shape index (κ2) is 4.93. The molecule has 2 aliphatic rings. The molecule has 1 nitrogen and oxygen atoms in total. The number of fused-ring (bicyclic) bond motifs is 2. The minimum absolute atomic E-state index is 0.306. The lowest BCUT2D eigenvalue weighted by molar-refractivity contribution is 0.122. The lowest BCUT2D eigenvalue weighted by Crippen LogP contribution is -2.15. The van der Waals surface area contributed by atoms with Gasteiger partial charge in [-0.1, -0.05) is 28.4 Å². The topological polar surface area (TPSA) is 20.2 Å². The fourth-order valence-corrected chi connectivity index (χ4v) is 4.18. The van der Waals surface area contributed by atoms with Gasteiger partial charge in [0.1, 0.15) is 5.82 Å². The summed E-state index contributed by atoms with van der Waals surface area (Å²) in [5.74, 6) is 1.95. The molecule has 0 aliphatic heterocycles. The minimum atomic E-state index is -0.651. The van der Waals surface area contributed by atoms with E-state index < -0.39 is 6.10 Å². The van der Waals surface area contributed by atoms with Gasteiger partial charge in [-0.15, -0.1) is 0 Å². The van der Waals surface area contributed by atoms with Gasteiger partial charge in [-0.25, -0.2) is 4.39 Å². The molecule has 4 unspecified atom stereocenters. The van der Waals surface area contributed by atoms with Crippen molar-refractivity contribution in [3.8, 4) is 0 Å². The van der Waals surface area contributed by atoms with Gasteiger partial charge in [0.25, 0.3) is 0 Å². The van der Waals surface area contributed by atoms with E-state index in [1.165, 1.54) is 31.7 Å². The van der Waals surface area contributed by atoms with Crippen molar-refractivity contribution < 1.29 is 9.50 Å².